The van der Waals surface area contributed by atoms with Crippen LogP contribution in [-0.4, -0.2) is 38.5 Å². The average Bonchev–Trinajstić information content (AvgIpc) is 2.98. The smallest absolute Gasteiger partial charge is 0.321 e. The number of thioether (sulfide) groups is 1. The molecule has 1 aromatic carbocycles. The predicted molar refractivity (Wildman–Crippen MR) is 98.7 cm³/mol. The zero-order valence-corrected chi connectivity index (χ0v) is 15.8. The first-order chi connectivity index (χ1) is 12.0. The van der Waals surface area contributed by atoms with E-state index in [0.29, 0.717) is 29.1 Å². The highest BCUT2D eigenvalue weighted by molar-refractivity contribution is 8.00. The number of halogens is 1. The molecule has 0 bridgehead atoms. The van der Waals surface area contributed by atoms with Crippen LogP contribution < -0.4 is 10.6 Å². The Morgan fingerprint density at radius 1 is 1.24 bits per heavy atom. The molecule has 0 fully saturated rings. The third-order valence-electron chi connectivity index (χ3n) is 3.36. The average molecular weight is 382 g/mol. The largest absolute Gasteiger partial charge is 0.338 e. The Morgan fingerprint density at radius 3 is 2.52 bits per heavy atom. The van der Waals surface area contributed by atoms with Gasteiger partial charge in [0.1, 0.15) is 0 Å². The van der Waals surface area contributed by atoms with Gasteiger partial charge in [-0.2, -0.15) is 0 Å². The van der Waals surface area contributed by atoms with E-state index in [9.17, 15) is 9.59 Å². The maximum Gasteiger partial charge on any atom is 0.321 e. The molecule has 1 aromatic heterocycles. The van der Waals surface area contributed by atoms with Gasteiger partial charge in [-0.05, 0) is 45.0 Å². The third kappa shape index (κ3) is 4.96. The molecule has 0 aliphatic rings. The second kappa shape index (κ2) is 8.87. The molecule has 1 atom stereocenters. The Bertz CT molecular complexity index is 747. The number of hydrogen-bond acceptors (Lipinski definition) is 5. The summed E-state index contributed by atoms with van der Waals surface area (Å²) in [5.41, 5.74) is 0.894. The standard InChI is InChI=1S/C16H20ClN5O2S/c1-4-18-15(24)19-14(23)10(3)25-16-21-20-13(22(16)5-2)11-6-8-12(17)9-7-11/h6-10H,4-5H2,1-3H3,(H2,18,19,23,24)/t10-/m0/s1. The van der Waals surface area contributed by atoms with Gasteiger partial charge < -0.3 is 9.88 Å². The lowest BCUT2D eigenvalue weighted by Crippen LogP contribution is -2.42. The van der Waals surface area contributed by atoms with Gasteiger partial charge in [0.25, 0.3) is 0 Å². The summed E-state index contributed by atoms with van der Waals surface area (Å²) in [6.45, 7) is 6.58. The zero-order valence-electron chi connectivity index (χ0n) is 14.2. The SMILES string of the molecule is CCNC(=O)NC(=O)[C@H](C)Sc1nnc(-c2ccc(Cl)cc2)n1CC. The molecule has 0 spiro atoms. The van der Waals surface area contributed by atoms with Gasteiger partial charge in [-0.3, -0.25) is 10.1 Å². The van der Waals surface area contributed by atoms with Crippen LogP contribution in [0.2, 0.25) is 5.02 Å². The lowest BCUT2D eigenvalue weighted by atomic mass is 10.2. The van der Waals surface area contributed by atoms with E-state index in [1.165, 1.54) is 11.8 Å². The van der Waals surface area contributed by atoms with Crippen molar-refractivity contribution in [1.82, 2.24) is 25.4 Å². The zero-order chi connectivity index (χ0) is 18.4. The number of nitrogens with zero attached hydrogens (tertiary/aromatic N) is 3. The summed E-state index contributed by atoms with van der Waals surface area (Å²) < 4.78 is 1.92. The van der Waals surface area contributed by atoms with Crippen LogP contribution in [0.5, 0.6) is 0 Å². The van der Waals surface area contributed by atoms with E-state index in [1.807, 2.05) is 23.6 Å². The molecule has 9 heteroatoms. The fraction of sp³-hybridized carbons (Fsp3) is 0.375. The Hall–Kier alpha value is -2.06. The van der Waals surface area contributed by atoms with Crippen molar-refractivity contribution in [3.63, 3.8) is 0 Å². The summed E-state index contributed by atoms with van der Waals surface area (Å²) in [4.78, 5) is 23.5. The van der Waals surface area contributed by atoms with Gasteiger partial charge in [-0.25, -0.2) is 4.79 Å². The van der Waals surface area contributed by atoms with Crippen LogP contribution in [0.15, 0.2) is 29.4 Å². The fourth-order valence-electron chi connectivity index (χ4n) is 2.10. The number of urea groups is 1. The molecule has 0 radical (unpaired) electrons. The number of rotatable bonds is 6. The Kier molecular flexibility index (Phi) is 6.83. The van der Waals surface area contributed by atoms with Crippen LogP contribution in [-0.2, 0) is 11.3 Å². The van der Waals surface area contributed by atoms with Crippen LogP contribution in [0.1, 0.15) is 20.8 Å². The van der Waals surface area contributed by atoms with Gasteiger partial charge in [0.15, 0.2) is 11.0 Å². The van der Waals surface area contributed by atoms with Crippen molar-refractivity contribution in [1.29, 1.82) is 0 Å². The van der Waals surface area contributed by atoms with E-state index >= 15 is 0 Å². The third-order valence-corrected chi connectivity index (χ3v) is 4.69. The number of amides is 3. The van der Waals surface area contributed by atoms with Gasteiger partial charge >= 0.3 is 6.03 Å². The predicted octanol–water partition coefficient (Wildman–Crippen LogP) is 2.94. The highest BCUT2D eigenvalue weighted by Crippen LogP contribution is 2.27. The van der Waals surface area contributed by atoms with E-state index < -0.39 is 11.3 Å². The number of hydrogen-bond donors (Lipinski definition) is 2. The first-order valence-electron chi connectivity index (χ1n) is 7.90. The van der Waals surface area contributed by atoms with E-state index in [-0.39, 0.29) is 5.91 Å². The van der Waals surface area contributed by atoms with Crippen LogP contribution in [0.4, 0.5) is 4.79 Å². The molecule has 0 aliphatic carbocycles. The van der Waals surface area contributed by atoms with Crippen LogP contribution in [0, 0.1) is 0 Å². The van der Waals surface area contributed by atoms with E-state index in [4.69, 9.17) is 11.6 Å². The number of carbonyl (C=O) groups excluding carboxylic acids is 2. The molecular formula is C16H20ClN5O2S. The summed E-state index contributed by atoms with van der Waals surface area (Å²) in [6.07, 6.45) is 0. The lowest BCUT2D eigenvalue weighted by molar-refractivity contribution is -0.119. The summed E-state index contributed by atoms with van der Waals surface area (Å²) >= 11 is 7.17. The molecule has 0 saturated heterocycles. The van der Waals surface area contributed by atoms with Crippen molar-refractivity contribution in [2.75, 3.05) is 6.54 Å². The number of benzene rings is 1. The van der Waals surface area contributed by atoms with Gasteiger partial charge in [-0.1, -0.05) is 23.4 Å². The van der Waals surface area contributed by atoms with Crippen molar-refractivity contribution in [2.45, 2.75) is 37.7 Å². The highest BCUT2D eigenvalue weighted by atomic mass is 35.5. The Morgan fingerprint density at radius 2 is 1.92 bits per heavy atom. The minimum atomic E-state index is -0.501. The summed E-state index contributed by atoms with van der Waals surface area (Å²) in [6, 6.07) is 6.83. The van der Waals surface area contributed by atoms with Gasteiger partial charge in [0, 0.05) is 23.7 Å². The molecule has 1 heterocycles. The first-order valence-corrected chi connectivity index (χ1v) is 9.16. The minimum absolute atomic E-state index is 0.380. The van der Waals surface area contributed by atoms with Crippen LogP contribution >= 0.6 is 23.4 Å². The topological polar surface area (TPSA) is 88.9 Å². The second-order valence-corrected chi connectivity index (χ2v) is 6.91. The quantitative estimate of drug-likeness (QED) is 0.751. The number of nitrogens with one attached hydrogen (secondary N) is 2. The van der Waals surface area contributed by atoms with Crippen LogP contribution in [0.3, 0.4) is 0 Å². The molecule has 25 heavy (non-hydrogen) atoms. The second-order valence-electron chi connectivity index (χ2n) is 5.17. The Labute approximate surface area is 155 Å². The normalized spacial score (nSPS) is 11.8. The molecular weight excluding hydrogens is 362 g/mol. The lowest BCUT2D eigenvalue weighted by Gasteiger charge is -2.12. The molecule has 2 rings (SSSR count). The number of imide groups is 1. The van der Waals surface area contributed by atoms with E-state index in [2.05, 4.69) is 20.8 Å². The Balaban J connectivity index is 2.13. The summed E-state index contributed by atoms with van der Waals surface area (Å²) in [5, 5.41) is 14.0. The van der Waals surface area contributed by atoms with E-state index in [0.717, 1.165) is 5.56 Å². The fourth-order valence-corrected chi connectivity index (χ4v) is 3.14. The maximum atomic E-state index is 12.1. The molecule has 3 amide bonds. The van der Waals surface area contributed by atoms with Gasteiger partial charge in [0.05, 0.1) is 5.25 Å². The molecule has 2 aromatic rings. The first kappa shape index (κ1) is 19.3. The minimum Gasteiger partial charge on any atom is -0.338 e. The molecule has 0 unspecified atom stereocenters. The molecule has 0 aliphatic heterocycles. The van der Waals surface area contributed by atoms with Gasteiger partial charge in [0.2, 0.25) is 5.91 Å². The molecule has 134 valence electrons. The summed E-state index contributed by atoms with van der Waals surface area (Å²) in [7, 11) is 0. The number of aromatic nitrogens is 3. The summed E-state index contributed by atoms with van der Waals surface area (Å²) in [5.74, 6) is 0.327. The van der Waals surface area contributed by atoms with Crippen molar-refractivity contribution in [3.05, 3.63) is 29.3 Å². The van der Waals surface area contributed by atoms with Crippen molar-refractivity contribution < 1.29 is 9.59 Å². The van der Waals surface area contributed by atoms with Crippen molar-refractivity contribution >= 4 is 35.3 Å². The van der Waals surface area contributed by atoms with E-state index in [1.54, 1.807) is 26.0 Å². The van der Waals surface area contributed by atoms with Crippen molar-refractivity contribution in [3.8, 4) is 11.4 Å². The highest BCUT2D eigenvalue weighted by Gasteiger charge is 2.21. The van der Waals surface area contributed by atoms with Crippen molar-refractivity contribution in [2.24, 2.45) is 0 Å². The maximum absolute atomic E-state index is 12.1. The van der Waals surface area contributed by atoms with Crippen LogP contribution in [0.25, 0.3) is 11.4 Å². The number of carbonyl (C=O) groups is 2. The molecule has 2 N–H and O–H groups in total. The van der Waals surface area contributed by atoms with Gasteiger partial charge in [-0.15, -0.1) is 10.2 Å². The molecule has 7 nitrogen and oxygen atoms in total. The molecule has 0 saturated carbocycles. The monoisotopic (exact) mass is 381 g/mol.